The van der Waals surface area contributed by atoms with Crippen molar-refractivity contribution in [3.8, 4) is 0 Å². The lowest BCUT2D eigenvalue weighted by molar-refractivity contribution is -0.143. The van der Waals surface area contributed by atoms with E-state index in [0.717, 1.165) is 59.8 Å². The van der Waals surface area contributed by atoms with Crippen molar-refractivity contribution in [2.75, 3.05) is 0 Å². The molecule has 0 heterocycles. The van der Waals surface area contributed by atoms with Gasteiger partial charge < -0.3 is 5.11 Å². The molecule has 192 valence electrons. The molecule has 0 aliphatic heterocycles. The van der Waals surface area contributed by atoms with Crippen LogP contribution in [0.1, 0.15) is 29.5 Å². The predicted molar refractivity (Wildman–Crippen MR) is 166 cm³/mol. The van der Waals surface area contributed by atoms with E-state index >= 15 is 0 Å². The Labute approximate surface area is 233 Å². The lowest BCUT2D eigenvalue weighted by Crippen LogP contribution is -2.40. The molecule has 0 fully saturated rings. The SMILES string of the molecule is C[C@](C(=O)O)(c1cc2ccccc2c2ccccc12)C(c1cccc2ccccc12)c1cccc2ccccc12. The summed E-state index contributed by atoms with van der Waals surface area (Å²) in [6.07, 6.45) is 0. The van der Waals surface area contributed by atoms with Crippen LogP contribution in [0.4, 0.5) is 0 Å². The molecule has 2 nitrogen and oxygen atoms in total. The first-order valence-electron chi connectivity index (χ1n) is 13.7. The summed E-state index contributed by atoms with van der Waals surface area (Å²) in [7, 11) is 0. The van der Waals surface area contributed by atoms with E-state index in [1.54, 1.807) is 0 Å². The van der Waals surface area contributed by atoms with Crippen LogP contribution in [-0.2, 0) is 10.2 Å². The van der Waals surface area contributed by atoms with Crippen molar-refractivity contribution in [3.63, 3.8) is 0 Å². The van der Waals surface area contributed by atoms with Gasteiger partial charge in [0, 0.05) is 5.92 Å². The summed E-state index contributed by atoms with van der Waals surface area (Å²) in [5, 5.41) is 19.9. The van der Waals surface area contributed by atoms with E-state index < -0.39 is 17.3 Å². The number of benzene rings is 7. The van der Waals surface area contributed by atoms with E-state index in [-0.39, 0.29) is 0 Å². The highest BCUT2D eigenvalue weighted by Crippen LogP contribution is 2.50. The topological polar surface area (TPSA) is 37.3 Å². The molecule has 1 N–H and O–H groups in total. The van der Waals surface area contributed by atoms with Gasteiger partial charge in [-0.2, -0.15) is 0 Å². The van der Waals surface area contributed by atoms with E-state index in [1.807, 2.05) is 55.5 Å². The van der Waals surface area contributed by atoms with Crippen LogP contribution in [0.3, 0.4) is 0 Å². The number of fused-ring (bicyclic) bond motifs is 5. The summed E-state index contributed by atoms with van der Waals surface area (Å²) in [5.74, 6) is -1.31. The number of carboxylic acid groups (broad SMARTS) is 1. The number of carbonyl (C=O) groups is 1. The summed E-state index contributed by atoms with van der Waals surface area (Å²) < 4.78 is 0. The average molecular weight is 517 g/mol. The Hall–Kier alpha value is -4.95. The van der Waals surface area contributed by atoms with Gasteiger partial charge in [0.25, 0.3) is 0 Å². The molecule has 0 spiro atoms. The Morgan fingerprint density at radius 2 is 0.950 bits per heavy atom. The Bertz CT molecular complexity index is 1980. The van der Waals surface area contributed by atoms with Crippen molar-refractivity contribution >= 4 is 49.1 Å². The van der Waals surface area contributed by atoms with Crippen molar-refractivity contribution in [3.05, 3.63) is 156 Å². The standard InChI is InChI=1S/C38H28O2/c1-38(37(39)40,35-24-27-14-4-7-19-30(27)31-20-8-9-21-32(31)35)36(33-22-10-15-25-12-2-5-17-28(25)33)34-23-11-16-26-13-3-6-18-29(26)34/h2-24,36H,1H3,(H,39,40)/t38-/m0/s1. The number of hydrogen-bond donors (Lipinski definition) is 1. The van der Waals surface area contributed by atoms with Gasteiger partial charge in [0.05, 0.1) is 0 Å². The minimum Gasteiger partial charge on any atom is -0.481 e. The highest BCUT2D eigenvalue weighted by atomic mass is 16.4. The smallest absolute Gasteiger partial charge is 0.314 e. The maximum absolute atomic E-state index is 13.9. The van der Waals surface area contributed by atoms with E-state index in [9.17, 15) is 9.90 Å². The Balaban J connectivity index is 1.65. The fraction of sp³-hybridized carbons (Fsp3) is 0.0789. The predicted octanol–water partition coefficient (Wildman–Crippen LogP) is 9.47. The van der Waals surface area contributed by atoms with Gasteiger partial charge in [-0.15, -0.1) is 0 Å². The number of hydrogen-bond acceptors (Lipinski definition) is 1. The highest BCUT2D eigenvalue weighted by Gasteiger charge is 2.47. The fourth-order valence-electron chi connectivity index (χ4n) is 6.67. The van der Waals surface area contributed by atoms with Crippen LogP contribution in [0.2, 0.25) is 0 Å². The summed E-state index contributed by atoms with van der Waals surface area (Å²) in [6.45, 7) is 1.92. The first kappa shape index (κ1) is 24.1. The summed E-state index contributed by atoms with van der Waals surface area (Å²) in [6, 6.07) is 47.7. The van der Waals surface area contributed by atoms with Gasteiger partial charge in [-0.3, -0.25) is 4.79 Å². The second kappa shape index (κ2) is 9.36. The number of carboxylic acids is 1. The molecule has 7 aromatic carbocycles. The van der Waals surface area contributed by atoms with Gasteiger partial charge in [-0.1, -0.05) is 133 Å². The van der Waals surface area contributed by atoms with Crippen LogP contribution >= 0.6 is 0 Å². The highest BCUT2D eigenvalue weighted by molar-refractivity contribution is 6.11. The molecule has 0 aliphatic rings. The van der Waals surface area contributed by atoms with Gasteiger partial charge in [-0.25, -0.2) is 0 Å². The van der Waals surface area contributed by atoms with Crippen LogP contribution in [-0.4, -0.2) is 11.1 Å². The monoisotopic (exact) mass is 516 g/mol. The van der Waals surface area contributed by atoms with Gasteiger partial charge in [0.15, 0.2) is 0 Å². The zero-order chi connectivity index (χ0) is 27.3. The molecule has 7 aromatic rings. The summed E-state index contributed by atoms with van der Waals surface area (Å²) >= 11 is 0. The molecule has 0 aliphatic carbocycles. The summed E-state index contributed by atoms with van der Waals surface area (Å²) in [5.41, 5.74) is 1.55. The first-order chi connectivity index (χ1) is 19.6. The van der Waals surface area contributed by atoms with Crippen LogP contribution < -0.4 is 0 Å². The van der Waals surface area contributed by atoms with Crippen LogP contribution in [0.25, 0.3) is 43.1 Å². The fourth-order valence-corrected chi connectivity index (χ4v) is 6.67. The molecule has 0 saturated heterocycles. The minimum atomic E-state index is -1.29. The van der Waals surface area contributed by atoms with Gasteiger partial charge >= 0.3 is 5.97 Å². The third-order valence-electron chi connectivity index (χ3n) is 8.62. The zero-order valence-electron chi connectivity index (χ0n) is 22.2. The average Bonchev–Trinajstić information content (AvgIpc) is 3.01. The third-order valence-corrected chi connectivity index (χ3v) is 8.62. The summed E-state index contributed by atoms with van der Waals surface area (Å²) in [4.78, 5) is 13.9. The van der Waals surface area contributed by atoms with Crippen molar-refractivity contribution in [1.82, 2.24) is 0 Å². The van der Waals surface area contributed by atoms with E-state index in [0.29, 0.717) is 0 Å². The van der Waals surface area contributed by atoms with Gasteiger partial charge in [0.2, 0.25) is 0 Å². The number of rotatable bonds is 5. The van der Waals surface area contributed by atoms with Crippen molar-refractivity contribution in [2.24, 2.45) is 0 Å². The van der Waals surface area contributed by atoms with Crippen LogP contribution in [0, 0.1) is 0 Å². The molecular weight excluding hydrogens is 488 g/mol. The normalized spacial score (nSPS) is 13.2. The lowest BCUT2D eigenvalue weighted by Gasteiger charge is -2.37. The lowest BCUT2D eigenvalue weighted by atomic mass is 9.63. The number of aliphatic carboxylic acids is 1. The molecule has 1 atom stereocenters. The molecule has 40 heavy (non-hydrogen) atoms. The van der Waals surface area contributed by atoms with Crippen LogP contribution in [0.15, 0.2) is 140 Å². The van der Waals surface area contributed by atoms with Crippen molar-refractivity contribution in [1.29, 1.82) is 0 Å². The molecule has 0 amide bonds. The zero-order valence-corrected chi connectivity index (χ0v) is 22.2. The molecule has 0 radical (unpaired) electrons. The van der Waals surface area contributed by atoms with E-state index in [2.05, 4.69) is 91.0 Å². The minimum absolute atomic E-state index is 0.466. The largest absolute Gasteiger partial charge is 0.481 e. The van der Waals surface area contributed by atoms with Crippen LogP contribution in [0.5, 0.6) is 0 Å². The first-order valence-corrected chi connectivity index (χ1v) is 13.7. The molecule has 7 rings (SSSR count). The maximum atomic E-state index is 13.9. The maximum Gasteiger partial charge on any atom is 0.314 e. The van der Waals surface area contributed by atoms with E-state index in [4.69, 9.17) is 0 Å². The third kappa shape index (κ3) is 3.60. The Morgan fingerprint density at radius 1 is 0.525 bits per heavy atom. The van der Waals surface area contributed by atoms with Gasteiger partial charge in [-0.05, 0) is 72.8 Å². The molecule has 0 unspecified atom stereocenters. The van der Waals surface area contributed by atoms with Crippen molar-refractivity contribution < 1.29 is 9.90 Å². The quantitative estimate of drug-likeness (QED) is 0.231. The Morgan fingerprint density at radius 3 is 1.50 bits per heavy atom. The molecule has 0 aromatic heterocycles. The second-order valence-electron chi connectivity index (χ2n) is 10.8. The molecule has 2 heteroatoms. The molecular formula is C38H28O2. The second-order valence-corrected chi connectivity index (χ2v) is 10.8. The van der Waals surface area contributed by atoms with Gasteiger partial charge in [0.1, 0.15) is 5.41 Å². The molecule has 0 saturated carbocycles. The van der Waals surface area contributed by atoms with Crippen molar-refractivity contribution in [2.45, 2.75) is 18.3 Å². The van der Waals surface area contributed by atoms with E-state index in [1.165, 1.54) is 0 Å². The Kier molecular flexibility index (Phi) is 5.64. The molecule has 0 bridgehead atoms.